The predicted octanol–water partition coefficient (Wildman–Crippen LogP) is 4.85. The van der Waals surface area contributed by atoms with Gasteiger partial charge in [0.15, 0.2) is 0 Å². The van der Waals surface area contributed by atoms with Crippen molar-refractivity contribution in [2.75, 3.05) is 5.32 Å². The molecule has 0 aliphatic carbocycles. The molecule has 1 rings (SSSR count). The van der Waals surface area contributed by atoms with Gasteiger partial charge in [0.25, 0.3) is 5.69 Å². The van der Waals surface area contributed by atoms with E-state index in [1.54, 1.807) is 0 Å². The minimum absolute atomic E-state index is 0.0116. The Bertz CT molecular complexity index is 503. The van der Waals surface area contributed by atoms with Crippen LogP contribution < -0.4 is 5.32 Å². The first-order chi connectivity index (χ1) is 9.65. The quantitative estimate of drug-likeness (QED) is 0.603. The van der Waals surface area contributed by atoms with Crippen LogP contribution in [-0.4, -0.2) is 11.0 Å². The van der Waals surface area contributed by atoms with Crippen molar-refractivity contribution in [2.45, 2.75) is 45.8 Å². The molecule has 0 heterocycles. The summed E-state index contributed by atoms with van der Waals surface area (Å²) in [7, 11) is 0. The molecule has 1 N–H and O–H groups in total. The highest BCUT2D eigenvalue weighted by molar-refractivity contribution is 5.55. The molecule has 0 amide bonds. The maximum atomic E-state index is 12.9. The summed E-state index contributed by atoms with van der Waals surface area (Å²) in [6.07, 6.45) is -2.95. The molecule has 2 unspecified atom stereocenters. The summed E-state index contributed by atoms with van der Waals surface area (Å²) in [6.45, 7) is 5.99. The fraction of sp³-hybridized carbons (Fsp3) is 0.571. The molecular weight excluding hydrogens is 285 g/mol. The van der Waals surface area contributed by atoms with Gasteiger partial charge >= 0.3 is 6.18 Å². The van der Waals surface area contributed by atoms with E-state index in [0.29, 0.717) is 5.92 Å². The highest BCUT2D eigenvalue weighted by atomic mass is 19.4. The maximum Gasteiger partial charge on any atom is 0.423 e. The third-order valence-electron chi connectivity index (χ3n) is 3.36. The van der Waals surface area contributed by atoms with Gasteiger partial charge in [0.2, 0.25) is 0 Å². The monoisotopic (exact) mass is 304 g/mol. The number of rotatable bonds is 6. The third kappa shape index (κ3) is 4.91. The third-order valence-corrected chi connectivity index (χ3v) is 3.36. The summed E-state index contributed by atoms with van der Waals surface area (Å²) in [5.41, 5.74) is -1.92. The average molecular weight is 304 g/mol. The van der Waals surface area contributed by atoms with E-state index in [1.165, 1.54) is 6.07 Å². The second-order valence-electron chi connectivity index (χ2n) is 5.28. The number of nitro groups is 1. The van der Waals surface area contributed by atoms with E-state index in [1.807, 2.05) is 13.8 Å². The molecule has 2 atom stereocenters. The SMILES string of the molecule is CCC(C)CC(C)Nc1ccc([N+](=O)[O-])c(C(F)(F)F)c1. The van der Waals surface area contributed by atoms with Gasteiger partial charge in [0.1, 0.15) is 5.56 Å². The van der Waals surface area contributed by atoms with Gasteiger partial charge in [0, 0.05) is 17.8 Å². The molecule has 0 saturated carbocycles. The topological polar surface area (TPSA) is 55.2 Å². The van der Waals surface area contributed by atoms with Crippen molar-refractivity contribution in [3.05, 3.63) is 33.9 Å². The van der Waals surface area contributed by atoms with Gasteiger partial charge in [-0.2, -0.15) is 13.2 Å². The van der Waals surface area contributed by atoms with Crippen molar-refractivity contribution in [2.24, 2.45) is 5.92 Å². The van der Waals surface area contributed by atoms with Crippen molar-refractivity contribution >= 4 is 11.4 Å². The number of halogens is 3. The number of hydrogen-bond donors (Lipinski definition) is 1. The van der Waals surface area contributed by atoms with Crippen molar-refractivity contribution < 1.29 is 18.1 Å². The number of hydrogen-bond acceptors (Lipinski definition) is 3. The van der Waals surface area contributed by atoms with E-state index in [4.69, 9.17) is 0 Å². The molecule has 7 heteroatoms. The summed E-state index contributed by atoms with van der Waals surface area (Å²) < 4.78 is 38.6. The Balaban J connectivity index is 2.98. The average Bonchev–Trinajstić information content (AvgIpc) is 2.36. The number of alkyl halides is 3. The van der Waals surface area contributed by atoms with Gasteiger partial charge in [-0.3, -0.25) is 10.1 Å². The molecule has 0 fully saturated rings. The van der Waals surface area contributed by atoms with Crippen LogP contribution in [0, 0.1) is 16.0 Å². The van der Waals surface area contributed by atoms with Crippen LogP contribution in [0.2, 0.25) is 0 Å². The van der Waals surface area contributed by atoms with E-state index in [9.17, 15) is 23.3 Å². The Morgan fingerprint density at radius 3 is 2.43 bits per heavy atom. The van der Waals surface area contributed by atoms with E-state index >= 15 is 0 Å². The zero-order chi connectivity index (χ0) is 16.2. The van der Waals surface area contributed by atoms with Crippen LogP contribution in [0.3, 0.4) is 0 Å². The fourth-order valence-corrected chi connectivity index (χ4v) is 2.13. The van der Waals surface area contributed by atoms with Gasteiger partial charge in [-0.1, -0.05) is 20.3 Å². The van der Waals surface area contributed by atoms with Gasteiger partial charge in [-0.05, 0) is 31.4 Å². The minimum Gasteiger partial charge on any atom is -0.383 e. The van der Waals surface area contributed by atoms with Gasteiger partial charge in [0.05, 0.1) is 4.92 Å². The highest BCUT2D eigenvalue weighted by Gasteiger charge is 2.38. The molecule has 4 nitrogen and oxygen atoms in total. The van der Waals surface area contributed by atoms with Crippen molar-refractivity contribution in [3.63, 3.8) is 0 Å². The minimum atomic E-state index is -4.75. The summed E-state index contributed by atoms with van der Waals surface area (Å²) in [6, 6.07) is 2.98. The van der Waals surface area contributed by atoms with E-state index in [2.05, 4.69) is 12.2 Å². The molecule has 0 saturated heterocycles. The van der Waals surface area contributed by atoms with Crippen LogP contribution in [-0.2, 0) is 6.18 Å². The summed E-state index contributed by atoms with van der Waals surface area (Å²) >= 11 is 0. The van der Waals surface area contributed by atoms with E-state index in [-0.39, 0.29) is 11.7 Å². The Morgan fingerprint density at radius 2 is 1.95 bits per heavy atom. The summed E-state index contributed by atoms with van der Waals surface area (Å²) in [5, 5.41) is 13.6. The Morgan fingerprint density at radius 1 is 1.33 bits per heavy atom. The van der Waals surface area contributed by atoms with E-state index < -0.39 is 22.4 Å². The lowest BCUT2D eigenvalue weighted by molar-refractivity contribution is -0.388. The second kappa shape index (κ2) is 6.78. The first-order valence-electron chi connectivity index (χ1n) is 6.77. The molecule has 21 heavy (non-hydrogen) atoms. The molecule has 0 aromatic heterocycles. The molecule has 1 aromatic carbocycles. The first-order valence-corrected chi connectivity index (χ1v) is 6.77. The zero-order valence-electron chi connectivity index (χ0n) is 12.2. The first kappa shape index (κ1) is 17.3. The summed E-state index contributed by atoms with van der Waals surface area (Å²) in [5.74, 6) is 0.452. The molecule has 1 aromatic rings. The Labute approximate surface area is 121 Å². The fourth-order valence-electron chi connectivity index (χ4n) is 2.13. The van der Waals surface area contributed by atoms with Gasteiger partial charge < -0.3 is 5.32 Å². The lowest BCUT2D eigenvalue weighted by Crippen LogP contribution is -2.19. The summed E-state index contributed by atoms with van der Waals surface area (Å²) in [4.78, 5) is 9.65. The van der Waals surface area contributed by atoms with E-state index in [0.717, 1.165) is 25.0 Å². The molecule has 0 aliphatic heterocycles. The molecule has 0 bridgehead atoms. The lowest BCUT2D eigenvalue weighted by Gasteiger charge is -2.19. The zero-order valence-corrected chi connectivity index (χ0v) is 12.2. The van der Waals surface area contributed by atoms with Crippen LogP contribution >= 0.6 is 0 Å². The molecular formula is C14H19F3N2O2. The largest absolute Gasteiger partial charge is 0.423 e. The van der Waals surface area contributed by atoms with Crippen LogP contribution in [0.5, 0.6) is 0 Å². The molecule has 0 radical (unpaired) electrons. The van der Waals surface area contributed by atoms with Crippen LogP contribution in [0.15, 0.2) is 18.2 Å². The van der Waals surface area contributed by atoms with Crippen LogP contribution in [0.25, 0.3) is 0 Å². The van der Waals surface area contributed by atoms with Gasteiger partial charge in [-0.25, -0.2) is 0 Å². The van der Waals surface area contributed by atoms with Crippen LogP contribution in [0.4, 0.5) is 24.5 Å². The van der Waals surface area contributed by atoms with Crippen molar-refractivity contribution in [3.8, 4) is 0 Å². The second-order valence-corrected chi connectivity index (χ2v) is 5.28. The maximum absolute atomic E-state index is 12.9. The number of nitro benzene ring substituents is 1. The van der Waals surface area contributed by atoms with Crippen molar-refractivity contribution in [1.29, 1.82) is 0 Å². The number of benzene rings is 1. The molecule has 0 aliphatic rings. The normalized spacial score (nSPS) is 14.6. The van der Waals surface area contributed by atoms with Crippen LogP contribution in [0.1, 0.15) is 39.2 Å². The number of nitrogens with one attached hydrogen (secondary N) is 1. The smallest absolute Gasteiger partial charge is 0.383 e. The highest BCUT2D eigenvalue weighted by Crippen LogP contribution is 2.37. The van der Waals surface area contributed by atoms with Crippen molar-refractivity contribution in [1.82, 2.24) is 0 Å². The molecule has 0 spiro atoms. The Kier molecular flexibility index (Phi) is 5.57. The number of anilines is 1. The predicted molar refractivity (Wildman–Crippen MR) is 75.3 cm³/mol. The standard InChI is InChI=1S/C14H19F3N2O2/c1-4-9(2)7-10(3)18-11-5-6-13(19(20)21)12(8-11)14(15,16)17/h5-6,8-10,18H,4,7H2,1-3H3. The lowest BCUT2D eigenvalue weighted by atomic mass is 10.00. The molecule has 118 valence electrons. The van der Waals surface area contributed by atoms with Gasteiger partial charge in [-0.15, -0.1) is 0 Å². The number of nitrogens with zero attached hydrogens (tertiary/aromatic N) is 1. The Hall–Kier alpha value is -1.79.